The fourth-order valence-electron chi connectivity index (χ4n) is 4.87. The molecule has 0 aliphatic carbocycles. The summed E-state index contributed by atoms with van der Waals surface area (Å²) in [7, 11) is -4.27. The molecule has 0 bridgehead atoms. The van der Waals surface area contributed by atoms with Gasteiger partial charge in [0.15, 0.2) is 0 Å². The van der Waals surface area contributed by atoms with Crippen LogP contribution in [0.4, 0.5) is 5.69 Å². The largest absolute Gasteiger partial charge is 0.352 e. The van der Waals surface area contributed by atoms with Gasteiger partial charge in [-0.15, -0.1) is 0 Å². The fraction of sp³-hybridized carbons (Fsp3) is 0.257. The maximum absolute atomic E-state index is 14.5. The van der Waals surface area contributed by atoms with Gasteiger partial charge in [-0.05, 0) is 69.2 Å². The number of hydrogen-bond acceptors (Lipinski definition) is 4. The van der Waals surface area contributed by atoms with Crippen LogP contribution >= 0.6 is 23.2 Å². The van der Waals surface area contributed by atoms with Crippen LogP contribution in [0.3, 0.4) is 0 Å². The van der Waals surface area contributed by atoms with Crippen molar-refractivity contribution in [1.29, 1.82) is 0 Å². The van der Waals surface area contributed by atoms with E-state index in [-0.39, 0.29) is 45.5 Å². The van der Waals surface area contributed by atoms with Crippen LogP contribution in [-0.2, 0) is 32.6 Å². The number of anilines is 1. The Labute approximate surface area is 275 Å². The number of carbonyl (C=O) groups excluding carboxylic acids is 2. The van der Waals surface area contributed by atoms with Crippen LogP contribution in [0.15, 0.2) is 102 Å². The fourth-order valence-corrected chi connectivity index (χ4v) is 6.79. The summed E-state index contributed by atoms with van der Waals surface area (Å²) in [6.07, 6.45) is 0.227. The number of halogens is 2. The van der Waals surface area contributed by atoms with Gasteiger partial charge in [0, 0.05) is 29.1 Å². The molecule has 0 saturated carbocycles. The molecule has 0 unspecified atom stereocenters. The van der Waals surface area contributed by atoms with Crippen LogP contribution in [-0.4, -0.2) is 43.8 Å². The molecule has 4 aromatic carbocycles. The summed E-state index contributed by atoms with van der Waals surface area (Å²) in [5.74, 6) is -0.907. The second-order valence-electron chi connectivity index (χ2n) is 11.3. The molecule has 10 heteroatoms. The van der Waals surface area contributed by atoms with Crippen molar-refractivity contribution >= 4 is 50.7 Å². The number of carbonyl (C=O) groups is 2. The number of hydrogen-bond donors (Lipinski definition) is 1. The summed E-state index contributed by atoms with van der Waals surface area (Å²) >= 11 is 12.6. The van der Waals surface area contributed by atoms with E-state index in [0.29, 0.717) is 0 Å². The van der Waals surface area contributed by atoms with Crippen molar-refractivity contribution in [2.75, 3.05) is 10.8 Å². The van der Waals surface area contributed by atoms with Crippen molar-refractivity contribution in [1.82, 2.24) is 10.2 Å². The van der Waals surface area contributed by atoms with Gasteiger partial charge in [0.05, 0.1) is 10.6 Å². The quantitative estimate of drug-likeness (QED) is 0.177. The standard InChI is InChI=1S/C35H37Cl2N3O4S/c1-24(2)38-35(42)33(18-27-8-6-5-7-9-27)39(22-28-14-10-25(3)11-15-28)34(41)23-40(31-20-29(36)19-30(37)21-31)45(43,44)32-16-12-26(4)13-17-32/h5-17,19-21,24,33H,18,22-23H2,1-4H3,(H,38,42)/t33-/m0/s1. The van der Waals surface area contributed by atoms with Gasteiger partial charge in [0.2, 0.25) is 11.8 Å². The molecule has 1 N–H and O–H groups in total. The number of nitrogens with one attached hydrogen (secondary N) is 1. The molecule has 0 aliphatic rings. The van der Waals surface area contributed by atoms with Crippen LogP contribution in [0.5, 0.6) is 0 Å². The third-order valence-electron chi connectivity index (χ3n) is 7.20. The molecular weight excluding hydrogens is 629 g/mol. The summed E-state index contributed by atoms with van der Waals surface area (Å²) in [5, 5.41) is 3.38. The second-order valence-corrected chi connectivity index (χ2v) is 14.1. The van der Waals surface area contributed by atoms with Crippen molar-refractivity contribution in [3.8, 4) is 0 Å². The maximum atomic E-state index is 14.5. The van der Waals surface area contributed by atoms with Crippen LogP contribution in [0.2, 0.25) is 10.0 Å². The van der Waals surface area contributed by atoms with E-state index < -0.39 is 28.5 Å². The zero-order valence-corrected chi connectivity index (χ0v) is 28.0. The molecule has 4 rings (SSSR count). The number of benzene rings is 4. The van der Waals surface area contributed by atoms with Crippen molar-refractivity contribution < 1.29 is 18.0 Å². The first-order valence-electron chi connectivity index (χ1n) is 14.6. The summed E-state index contributed by atoms with van der Waals surface area (Å²) in [6, 6.07) is 26.7. The smallest absolute Gasteiger partial charge is 0.264 e. The van der Waals surface area contributed by atoms with Gasteiger partial charge in [-0.3, -0.25) is 13.9 Å². The van der Waals surface area contributed by atoms with Gasteiger partial charge in [-0.2, -0.15) is 0 Å². The predicted octanol–water partition coefficient (Wildman–Crippen LogP) is 6.97. The highest BCUT2D eigenvalue weighted by atomic mass is 35.5. The van der Waals surface area contributed by atoms with E-state index in [0.717, 1.165) is 26.6 Å². The monoisotopic (exact) mass is 665 g/mol. The highest BCUT2D eigenvalue weighted by Crippen LogP contribution is 2.30. The Balaban J connectivity index is 1.82. The van der Waals surface area contributed by atoms with Crippen LogP contribution in [0, 0.1) is 13.8 Å². The molecule has 0 aliphatic heterocycles. The minimum Gasteiger partial charge on any atom is -0.352 e. The topological polar surface area (TPSA) is 86.8 Å². The Kier molecular flexibility index (Phi) is 11.3. The minimum absolute atomic E-state index is 0.000434. The molecule has 4 aromatic rings. The molecule has 0 aromatic heterocycles. The average molecular weight is 667 g/mol. The maximum Gasteiger partial charge on any atom is 0.264 e. The normalized spacial score (nSPS) is 12.1. The Hall–Kier alpha value is -3.85. The number of nitrogens with zero attached hydrogens (tertiary/aromatic N) is 2. The molecule has 0 heterocycles. The molecule has 1 atom stereocenters. The van der Waals surface area contributed by atoms with Gasteiger partial charge >= 0.3 is 0 Å². The minimum atomic E-state index is -4.27. The Morgan fingerprint density at radius 2 is 1.33 bits per heavy atom. The molecule has 7 nitrogen and oxygen atoms in total. The van der Waals surface area contributed by atoms with Gasteiger partial charge in [-0.1, -0.05) is 101 Å². The molecule has 236 valence electrons. The van der Waals surface area contributed by atoms with E-state index in [2.05, 4.69) is 5.32 Å². The summed E-state index contributed by atoms with van der Waals surface area (Å²) in [4.78, 5) is 29.7. The molecule has 0 fully saturated rings. The van der Waals surface area contributed by atoms with E-state index in [1.54, 1.807) is 12.1 Å². The lowest BCUT2D eigenvalue weighted by molar-refractivity contribution is -0.140. The van der Waals surface area contributed by atoms with Crippen molar-refractivity contribution in [3.05, 3.63) is 129 Å². The Bertz CT molecular complexity index is 1710. The first-order valence-corrected chi connectivity index (χ1v) is 16.8. The van der Waals surface area contributed by atoms with Crippen LogP contribution < -0.4 is 9.62 Å². The second kappa shape index (κ2) is 15.0. The van der Waals surface area contributed by atoms with Crippen LogP contribution in [0.25, 0.3) is 0 Å². The summed E-state index contributed by atoms with van der Waals surface area (Å²) < 4.78 is 29.3. The molecule has 0 spiro atoms. The van der Waals surface area contributed by atoms with Gasteiger partial charge in [0.25, 0.3) is 10.0 Å². The van der Waals surface area contributed by atoms with Crippen LogP contribution in [0.1, 0.15) is 36.1 Å². The molecule has 2 amide bonds. The van der Waals surface area contributed by atoms with E-state index in [1.165, 1.54) is 35.2 Å². The van der Waals surface area contributed by atoms with Gasteiger partial charge in [0.1, 0.15) is 12.6 Å². The zero-order chi connectivity index (χ0) is 32.7. The predicted molar refractivity (Wildman–Crippen MR) is 181 cm³/mol. The Morgan fingerprint density at radius 1 is 0.778 bits per heavy atom. The summed E-state index contributed by atoms with van der Waals surface area (Å²) in [5.41, 5.74) is 3.70. The number of amides is 2. The first-order chi connectivity index (χ1) is 21.3. The average Bonchev–Trinajstić information content (AvgIpc) is 2.98. The molecule has 0 radical (unpaired) electrons. The van der Waals surface area contributed by atoms with Gasteiger partial charge in [-0.25, -0.2) is 8.42 Å². The lowest BCUT2D eigenvalue weighted by Gasteiger charge is -2.34. The summed E-state index contributed by atoms with van der Waals surface area (Å²) in [6.45, 7) is 7.00. The highest BCUT2D eigenvalue weighted by molar-refractivity contribution is 7.92. The van der Waals surface area contributed by atoms with E-state index in [1.807, 2.05) is 82.3 Å². The van der Waals surface area contributed by atoms with E-state index >= 15 is 0 Å². The van der Waals surface area contributed by atoms with Crippen molar-refractivity contribution in [2.45, 2.75) is 57.6 Å². The lowest BCUT2D eigenvalue weighted by Crippen LogP contribution is -2.54. The third kappa shape index (κ3) is 9.10. The van der Waals surface area contributed by atoms with Crippen molar-refractivity contribution in [3.63, 3.8) is 0 Å². The number of sulfonamides is 1. The van der Waals surface area contributed by atoms with Gasteiger partial charge < -0.3 is 10.2 Å². The molecular formula is C35H37Cl2N3O4S. The zero-order valence-electron chi connectivity index (χ0n) is 25.7. The van der Waals surface area contributed by atoms with E-state index in [4.69, 9.17) is 23.2 Å². The first kappa shape index (κ1) is 34.0. The van der Waals surface area contributed by atoms with Crippen molar-refractivity contribution in [2.24, 2.45) is 0 Å². The number of aryl methyl sites for hydroxylation is 2. The Morgan fingerprint density at radius 3 is 1.89 bits per heavy atom. The third-order valence-corrected chi connectivity index (χ3v) is 9.42. The number of rotatable bonds is 12. The highest BCUT2D eigenvalue weighted by Gasteiger charge is 2.35. The molecule has 45 heavy (non-hydrogen) atoms. The lowest BCUT2D eigenvalue weighted by atomic mass is 10.0. The SMILES string of the molecule is Cc1ccc(CN(C(=O)CN(c2cc(Cl)cc(Cl)c2)S(=O)(=O)c2ccc(C)cc2)[C@@H](Cc2ccccc2)C(=O)NC(C)C)cc1. The van der Waals surface area contributed by atoms with E-state index in [9.17, 15) is 18.0 Å². The molecule has 0 saturated heterocycles.